The van der Waals surface area contributed by atoms with E-state index in [1.165, 1.54) is 21.3 Å². The summed E-state index contributed by atoms with van der Waals surface area (Å²) in [5.74, 6) is 0.689. The third-order valence-electron chi connectivity index (χ3n) is 3.92. The van der Waals surface area contributed by atoms with E-state index in [9.17, 15) is 0 Å². The molecule has 1 fully saturated rings. The van der Waals surface area contributed by atoms with Gasteiger partial charge < -0.3 is 4.90 Å². The highest BCUT2D eigenvalue weighted by Crippen LogP contribution is 2.34. The van der Waals surface area contributed by atoms with Gasteiger partial charge in [0, 0.05) is 29.2 Å². The van der Waals surface area contributed by atoms with Gasteiger partial charge in [-0.1, -0.05) is 53.2 Å². The first-order chi connectivity index (χ1) is 9.28. The Morgan fingerprint density at radius 2 is 1.84 bits per heavy atom. The average molecular weight is 316 g/mol. The topological polar surface area (TPSA) is 3.24 Å². The molecule has 0 amide bonds. The van der Waals surface area contributed by atoms with Crippen molar-refractivity contribution >= 4 is 21.6 Å². The fourth-order valence-electron chi connectivity index (χ4n) is 2.76. The van der Waals surface area contributed by atoms with E-state index in [0.29, 0.717) is 5.92 Å². The number of nitrogens with zero attached hydrogens (tertiary/aromatic N) is 1. The fraction of sp³-hybridized carbons (Fsp3) is 0.294. The summed E-state index contributed by atoms with van der Waals surface area (Å²) in [7, 11) is 0. The first-order valence-electron chi connectivity index (χ1n) is 6.86. The van der Waals surface area contributed by atoms with Gasteiger partial charge in [-0.05, 0) is 35.7 Å². The van der Waals surface area contributed by atoms with Gasteiger partial charge in [0.05, 0.1) is 0 Å². The predicted molar refractivity (Wildman–Crippen MR) is 84.9 cm³/mol. The maximum absolute atomic E-state index is 3.56. The van der Waals surface area contributed by atoms with Gasteiger partial charge in [-0.25, -0.2) is 0 Å². The molecule has 1 saturated heterocycles. The predicted octanol–water partition coefficient (Wildman–Crippen LogP) is 4.62. The summed E-state index contributed by atoms with van der Waals surface area (Å²) >= 11 is 3.56. The summed E-state index contributed by atoms with van der Waals surface area (Å²) in [6.07, 6.45) is 1.08. The van der Waals surface area contributed by atoms with Crippen LogP contribution in [0.25, 0.3) is 0 Å². The SMILES string of the molecule is CCc1cc(Br)ccc1N1CC(c2ccccc2)C1. The van der Waals surface area contributed by atoms with Crippen LogP contribution in [0.1, 0.15) is 24.0 Å². The number of hydrogen-bond acceptors (Lipinski definition) is 1. The van der Waals surface area contributed by atoms with Crippen molar-refractivity contribution in [2.45, 2.75) is 19.3 Å². The zero-order valence-corrected chi connectivity index (χ0v) is 12.7. The van der Waals surface area contributed by atoms with Crippen molar-refractivity contribution in [3.63, 3.8) is 0 Å². The molecular weight excluding hydrogens is 298 g/mol. The third kappa shape index (κ3) is 2.55. The van der Waals surface area contributed by atoms with Crippen LogP contribution in [0, 0.1) is 0 Å². The lowest BCUT2D eigenvalue weighted by atomic mass is 9.90. The Labute approximate surface area is 123 Å². The lowest BCUT2D eigenvalue weighted by molar-refractivity contribution is 0.523. The molecule has 2 aromatic carbocycles. The number of anilines is 1. The van der Waals surface area contributed by atoms with E-state index in [4.69, 9.17) is 0 Å². The fourth-order valence-corrected chi connectivity index (χ4v) is 3.17. The molecule has 1 nitrogen and oxygen atoms in total. The van der Waals surface area contributed by atoms with Crippen molar-refractivity contribution in [1.29, 1.82) is 0 Å². The van der Waals surface area contributed by atoms with Crippen molar-refractivity contribution in [2.75, 3.05) is 18.0 Å². The molecule has 2 heteroatoms. The van der Waals surface area contributed by atoms with E-state index in [1.54, 1.807) is 0 Å². The van der Waals surface area contributed by atoms with E-state index in [-0.39, 0.29) is 0 Å². The van der Waals surface area contributed by atoms with Gasteiger partial charge in [0.1, 0.15) is 0 Å². The first-order valence-corrected chi connectivity index (χ1v) is 7.65. The van der Waals surface area contributed by atoms with Gasteiger partial charge in [0.15, 0.2) is 0 Å². The second kappa shape index (κ2) is 5.38. The van der Waals surface area contributed by atoms with Crippen molar-refractivity contribution in [2.24, 2.45) is 0 Å². The minimum atomic E-state index is 0.689. The summed E-state index contributed by atoms with van der Waals surface area (Å²) in [5, 5.41) is 0. The Morgan fingerprint density at radius 1 is 1.11 bits per heavy atom. The molecule has 1 aliphatic rings. The normalized spacial score (nSPS) is 15.4. The molecular formula is C17H18BrN. The molecule has 0 aromatic heterocycles. The van der Waals surface area contributed by atoms with Crippen LogP contribution in [0.4, 0.5) is 5.69 Å². The molecule has 0 spiro atoms. The van der Waals surface area contributed by atoms with Gasteiger partial charge in [0.25, 0.3) is 0 Å². The number of halogens is 1. The third-order valence-corrected chi connectivity index (χ3v) is 4.41. The van der Waals surface area contributed by atoms with E-state index in [2.05, 4.69) is 76.3 Å². The number of rotatable bonds is 3. The smallest absolute Gasteiger partial charge is 0.0399 e. The summed E-state index contributed by atoms with van der Waals surface area (Å²) < 4.78 is 1.17. The first kappa shape index (κ1) is 12.7. The molecule has 0 aliphatic carbocycles. The number of benzene rings is 2. The second-order valence-electron chi connectivity index (χ2n) is 5.14. The van der Waals surface area contributed by atoms with Gasteiger partial charge in [-0.3, -0.25) is 0 Å². The van der Waals surface area contributed by atoms with Gasteiger partial charge in [-0.2, -0.15) is 0 Å². The lowest BCUT2D eigenvalue weighted by Gasteiger charge is -2.42. The van der Waals surface area contributed by atoms with Crippen LogP contribution in [0.5, 0.6) is 0 Å². The van der Waals surface area contributed by atoms with Crippen LogP contribution in [0.15, 0.2) is 53.0 Å². The van der Waals surface area contributed by atoms with Crippen LogP contribution >= 0.6 is 15.9 Å². The second-order valence-corrected chi connectivity index (χ2v) is 6.05. The standard InChI is InChI=1S/C17H18BrN/c1-2-13-10-16(18)8-9-17(13)19-11-15(12-19)14-6-4-3-5-7-14/h3-10,15H,2,11-12H2,1H3. The molecule has 0 unspecified atom stereocenters. The Morgan fingerprint density at radius 3 is 2.53 bits per heavy atom. The minimum Gasteiger partial charge on any atom is -0.370 e. The highest BCUT2D eigenvalue weighted by atomic mass is 79.9. The van der Waals surface area contributed by atoms with Crippen molar-refractivity contribution in [3.05, 3.63) is 64.1 Å². The molecule has 0 atom stereocenters. The number of hydrogen-bond donors (Lipinski definition) is 0. The van der Waals surface area contributed by atoms with Crippen LogP contribution < -0.4 is 4.90 Å². The van der Waals surface area contributed by atoms with Crippen molar-refractivity contribution in [1.82, 2.24) is 0 Å². The Bertz CT molecular complexity index is 559. The molecule has 1 heterocycles. The number of aryl methyl sites for hydroxylation is 1. The summed E-state index contributed by atoms with van der Waals surface area (Å²) in [5.41, 5.74) is 4.30. The monoisotopic (exact) mass is 315 g/mol. The van der Waals surface area contributed by atoms with E-state index in [0.717, 1.165) is 19.5 Å². The zero-order valence-electron chi connectivity index (χ0n) is 11.1. The van der Waals surface area contributed by atoms with Crippen molar-refractivity contribution < 1.29 is 0 Å². The van der Waals surface area contributed by atoms with E-state index < -0.39 is 0 Å². The van der Waals surface area contributed by atoms with Crippen LogP contribution in [0.3, 0.4) is 0 Å². The molecule has 0 bridgehead atoms. The summed E-state index contributed by atoms with van der Waals surface area (Å²) in [4.78, 5) is 2.49. The van der Waals surface area contributed by atoms with E-state index >= 15 is 0 Å². The molecule has 0 N–H and O–H groups in total. The molecule has 0 radical (unpaired) electrons. The van der Waals surface area contributed by atoms with Crippen LogP contribution in [0.2, 0.25) is 0 Å². The van der Waals surface area contributed by atoms with Gasteiger partial charge >= 0.3 is 0 Å². The molecule has 98 valence electrons. The zero-order chi connectivity index (χ0) is 13.2. The Hall–Kier alpha value is -1.28. The highest BCUT2D eigenvalue weighted by Gasteiger charge is 2.29. The molecule has 2 aromatic rings. The van der Waals surface area contributed by atoms with Crippen molar-refractivity contribution in [3.8, 4) is 0 Å². The van der Waals surface area contributed by atoms with Crippen LogP contribution in [-0.4, -0.2) is 13.1 Å². The van der Waals surface area contributed by atoms with Gasteiger partial charge in [0.2, 0.25) is 0 Å². The average Bonchev–Trinajstić information content (AvgIpc) is 2.40. The summed E-state index contributed by atoms with van der Waals surface area (Å²) in [6.45, 7) is 4.50. The summed E-state index contributed by atoms with van der Waals surface area (Å²) in [6, 6.07) is 17.5. The Kier molecular flexibility index (Phi) is 3.61. The Balaban J connectivity index is 1.74. The minimum absolute atomic E-state index is 0.689. The van der Waals surface area contributed by atoms with Crippen LogP contribution in [-0.2, 0) is 6.42 Å². The highest BCUT2D eigenvalue weighted by molar-refractivity contribution is 9.10. The van der Waals surface area contributed by atoms with E-state index in [1.807, 2.05) is 0 Å². The lowest BCUT2D eigenvalue weighted by Crippen LogP contribution is -2.45. The largest absolute Gasteiger partial charge is 0.370 e. The maximum atomic E-state index is 3.56. The molecule has 1 aliphatic heterocycles. The molecule has 3 rings (SSSR count). The maximum Gasteiger partial charge on any atom is 0.0399 e. The quantitative estimate of drug-likeness (QED) is 0.799. The molecule has 0 saturated carbocycles. The van der Waals surface area contributed by atoms with Gasteiger partial charge in [-0.15, -0.1) is 0 Å². The molecule has 19 heavy (non-hydrogen) atoms.